The van der Waals surface area contributed by atoms with Crippen molar-refractivity contribution in [1.82, 2.24) is 14.7 Å². The van der Waals surface area contributed by atoms with E-state index in [0.29, 0.717) is 18.5 Å². The zero-order chi connectivity index (χ0) is 10.8. The minimum absolute atomic E-state index is 0.406. The molecule has 15 heavy (non-hydrogen) atoms. The number of nitrogens with zero attached hydrogens (tertiary/aromatic N) is 3. The van der Waals surface area contributed by atoms with E-state index in [1.165, 1.54) is 5.69 Å². The van der Waals surface area contributed by atoms with Crippen LogP contribution in [-0.2, 0) is 0 Å². The number of rotatable bonds is 4. The van der Waals surface area contributed by atoms with Gasteiger partial charge in [-0.15, -0.1) is 0 Å². The van der Waals surface area contributed by atoms with Gasteiger partial charge in [-0.2, -0.15) is 5.10 Å². The molecule has 1 aliphatic rings. The Bertz CT molecular complexity index is 314. The van der Waals surface area contributed by atoms with Crippen molar-refractivity contribution in [2.45, 2.75) is 25.8 Å². The monoisotopic (exact) mass is 208 g/mol. The molecule has 0 saturated carbocycles. The van der Waals surface area contributed by atoms with Crippen LogP contribution in [0.5, 0.6) is 0 Å². The predicted octanol–water partition coefficient (Wildman–Crippen LogP) is 0.822. The first-order valence-electron chi connectivity index (χ1n) is 5.72. The van der Waals surface area contributed by atoms with E-state index in [4.69, 9.17) is 5.73 Å². The van der Waals surface area contributed by atoms with Crippen LogP contribution in [0.2, 0.25) is 0 Å². The average molecular weight is 208 g/mol. The second kappa shape index (κ2) is 4.33. The Kier molecular flexibility index (Phi) is 3.07. The second-order valence-electron chi connectivity index (χ2n) is 4.34. The molecule has 0 amide bonds. The summed E-state index contributed by atoms with van der Waals surface area (Å²) >= 11 is 0. The summed E-state index contributed by atoms with van der Waals surface area (Å²) in [4.78, 5) is 2.42. The van der Waals surface area contributed by atoms with E-state index < -0.39 is 0 Å². The smallest absolute Gasteiger partial charge is 0.0776 e. The molecule has 0 bridgehead atoms. The van der Waals surface area contributed by atoms with Crippen LogP contribution in [0.15, 0.2) is 12.3 Å². The van der Waals surface area contributed by atoms with E-state index in [-0.39, 0.29) is 0 Å². The van der Waals surface area contributed by atoms with Gasteiger partial charge in [0.25, 0.3) is 0 Å². The predicted molar refractivity (Wildman–Crippen MR) is 60.8 cm³/mol. The maximum atomic E-state index is 5.69. The Balaban J connectivity index is 2.06. The van der Waals surface area contributed by atoms with Gasteiger partial charge in [-0.25, -0.2) is 0 Å². The molecule has 1 saturated heterocycles. The average Bonchev–Trinajstić information content (AvgIpc) is 2.64. The topological polar surface area (TPSA) is 47.1 Å². The molecule has 1 aliphatic heterocycles. The molecule has 1 aromatic heterocycles. The third kappa shape index (κ3) is 1.92. The van der Waals surface area contributed by atoms with E-state index in [0.717, 1.165) is 19.6 Å². The first kappa shape index (κ1) is 10.6. The third-order valence-corrected chi connectivity index (χ3v) is 3.29. The molecule has 0 radical (unpaired) electrons. The molecule has 0 spiro atoms. The van der Waals surface area contributed by atoms with Crippen LogP contribution in [-0.4, -0.2) is 40.9 Å². The minimum atomic E-state index is 0.406. The van der Waals surface area contributed by atoms with E-state index >= 15 is 0 Å². The molecule has 1 unspecified atom stereocenters. The quantitative estimate of drug-likeness (QED) is 0.797. The maximum absolute atomic E-state index is 5.69. The first-order chi connectivity index (χ1) is 7.26. The summed E-state index contributed by atoms with van der Waals surface area (Å²) in [5.74, 6) is 0.406. The Morgan fingerprint density at radius 1 is 1.60 bits per heavy atom. The summed E-state index contributed by atoms with van der Waals surface area (Å²) in [5.41, 5.74) is 6.97. The van der Waals surface area contributed by atoms with E-state index in [1.54, 1.807) is 0 Å². The van der Waals surface area contributed by atoms with E-state index in [2.05, 4.69) is 34.6 Å². The molecule has 4 nitrogen and oxygen atoms in total. The van der Waals surface area contributed by atoms with Crippen molar-refractivity contribution in [2.24, 2.45) is 5.73 Å². The summed E-state index contributed by atoms with van der Waals surface area (Å²) < 4.78 is 2.16. The fourth-order valence-electron chi connectivity index (χ4n) is 2.10. The Morgan fingerprint density at radius 2 is 2.33 bits per heavy atom. The van der Waals surface area contributed by atoms with Gasteiger partial charge in [-0.3, -0.25) is 9.58 Å². The molecule has 2 rings (SSSR count). The second-order valence-corrected chi connectivity index (χ2v) is 4.34. The highest BCUT2D eigenvalue weighted by Crippen LogP contribution is 2.24. The van der Waals surface area contributed by atoms with Gasteiger partial charge >= 0.3 is 0 Å². The first-order valence-corrected chi connectivity index (χ1v) is 5.72. The fourth-order valence-corrected chi connectivity index (χ4v) is 2.10. The SMILES string of the molecule is CCN1CC(n2nccc2C(C)CN)C1. The lowest BCUT2D eigenvalue weighted by molar-refractivity contribution is 0.102. The van der Waals surface area contributed by atoms with Crippen LogP contribution in [0.4, 0.5) is 0 Å². The standard InChI is InChI=1S/C11H20N4/c1-3-14-7-10(8-14)15-11(4-5-13-15)9(2)6-12/h4-5,9-10H,3,6-8,12H2,1-2H3. The molecule has 1 aromatic rings. The lowest BCUT2D eigenvalue weighted by atomic mass is 10.1. The van der Waals surface area contributed by atoms with Crippen molar-refractivity contribution in [3.8, 4) is 0 Å². The lowest BCUT2D eigenvalue weighted by Gasteiger charge is -2.39. The minimum Gasteiger partial charge on any atom is -0.330 e. The van der Waals surface area contributed by atoms with Crippen LogP contribution < -0.4 is 5.73 Å². The molecule has 1 atom stereocenters. The zero-order valence-corrected chi connectivity index (χ0v) is 9.56. The number of hydrogen-bond acceptors (Lipinski definition) is 3. The summed E-state index contributed by atoms with van der Waals surface area (Å²) in [6.07, 6.45) is 1.89. The molecule has 0 aliphatic carbocycles. The van der Waals surface area contributed by atoms with Crippen molar-refractivity contribution < 1.29 is 0 Å². The Morgan fingerprint density at radius 3 is 2.93 bits per heavy atom. The van der Waals surface area contributed by atoms with Gasteiger partial charge in [-0.05, 0) is 12.6 Å². The number of likely N-dealkylation sites (N-methyl/N-ethyl adjacent to an activating group) is 1. The van der Waals surface area contributed by atoms with Gasteiger partial charge in [0.15, 0.2) is 0 Å². The fraction of sp³-hybridized carbons (Fsp3) is 0.727. The highest BCUT2D eigenvalue weighted by atomic mass is 15.4. The van der Waals surface area contributed by atoms with Crippen molar-refractivity contribution in [3.63, 3.8) is 0 Å². The van der Waals surface area contributed by atoms with Gasteiger partial charge in [0, 0.05) is 37.4 Å². The molecular formula is C11H20N4. The molecule has 2 N–H and O–H groups in total. The van der Waals surface area contributed by atoms with Crippen molar-refractivity contribution in [1.29, 1.82) is 0 Å². The van der Waals surface area contributed by atoms with Crippen molar-refractivity contribution >= 4 is 0 Å². The van der Waals surface area contributed by atoms with Gasteiger partial charge < -0.3 is 5.73 Å². The third-order valence-electron chi connectivity index (χ3n) is 3.29. The van der Waals surface area contributed by atoms with Gasteiger partial charge in [0.2, 0.25) is 0 Å². The zero-order valence-electron chi connectivity index (χ0n) is 9.56. The summed E-state index contributed by atoms with van der Waals surface area (Å²) in [6.45, 7) is 8.44. The van der Waals surface area contributed by atoms with E-state index in [1.807, 2.05) is 6.20 Å². The van der Waals surface area contributed by atoms with Crippen molar-refractivity contribution in [2.75, 3.05) is 26.2 Å². The lowest BCUT2D eigenvalue weighted by Crippen LogP contribution is -2.48. The molecule has 2 heterocycles. The highest BCUT2D eigenvalue weighted by molar-refractivity contribution is 5.09. The maximum Gasteiger partial charge on any atom is 0.0776 e. The summed E-state index contributed by atoms with van der Waals surface area (Å²) in [6, 6.07) is 2.65. The molecule has 1 fully saturated rings. The summed E-state index contributed by atoms with van der Waals surface area (Å²) in [5, 5.41) is 4.41. The van der Waals surface area contributed by atoms with Crippen LogP contribution in [0.3, 0.4) is 0 Å². The number of nitrogens with two attached hydrogens (primary N) is 1. The Labute approximate surface area is 91.1 Å². The number of hydrogen-bond donors (Lipinski definition) is 1. The van der Waals surface area contributed by atoms with Crippen LogP contribution >= 0.6 is 0 Å². The molecule has 4 heteroatoms. The molecule has 0 aromatic carbocycles. The van der Waals surface area contributed by atoms with Crippen molar-refractivity contribution in [3.05, 3.63) is 18.0 Å². The summed E-state index contributed by atoms with van der Waals surface area (Å²) in [7, 11) is 0. The number of likely N-dealkylation sites (tertiary alicyclic amines) is 1. The van der Waals surface area contributed by atoms with Gasteiger partial charge in [-0.1, -0.05) is 13.8 Å². The van der Waals surface area contributed by atoms with Crippen LogP contribution in [0.25, 0.3) is 0 Å². The van der Waals surface area contributed by atoms with Crippen LogP contribution in [0.1, 0.15) is 31.5 Å². The van der Waals surface area contributed by atoms with E-state index in [9.17, 15) is 0 Å². The largest absolute Gasteiger partial charge is 0.330 e. The molecular weight excluding hydrogens is 188 g/mol. The number of aromatic nitrogens is 2. The highest BCUT2D eigenvalue weighted by Gasteiger charge is 2.29. The van der Waals surface area contributed by atoms with Crippen LogP contribution in [0, 0.1) is 0 Å². The normalized spacial score (nSPS) is 20.2. The van der Waals surface area contributed by atoms with Gasteiger partial charge in [0.05, 0.1) is 6.04 Å². The molecule has 84 valence electrons. The van der Waals surface area contributed by atoms with Gasteiger partial charge in [0.1, 0.15) is 0 Å². The Hall–Kier alpha value is -0.870.